The molecular weight excluding hydrogens is 260 g/mol. The fourth-order valence-corrected chi connectivity index (χ4v) is 4.55. The van der Waals surface area contributed by atoms with Gasteiger partial charge in [0.05, 0.1) is 0 Å². The zero-order valence-corrected chi connectivity index (χ0v) is 14.0. The van der Waals surface area contributed by atoms with Gasteiger partial charge in [0, 0.05) is 44.9 Å². The topological polar surface area (TPSA) is 24.5 Å². The lowest BCUT2D eigenvalue weighted by Gasteiger charge is -2.47. The molecule has 0 aromatic carbocycles. The summed E-state index contributed by atoms with van der Waals surface area (Å²) in [5, 5.41) is 3.93. The Morgan fingerprint density at radius 2 is 1.86 bits per heavy atom. The Balaban J connectivity index is 1.60. The van der Waals surface area contributed by atoms with Crippen molar-refractivity contribution in [3.8, 4) is 0 Å². The molecule has 3 rings (SSSR count). The molecule has 2 saturated carbocycles. The molecule has 3 unspecified atom stereocenters. The van der Waals surface area contributed by atoms with Crippen LogP contribution in [0.4, 0.5) is 0 Å². The first-order valence-electron chi connectivity index (χ1n) is 9.27. The largest absolute Gasteiger partial charge is 0.385 e. The van der Waals surface area contributed by atoms with Crippen LogP contribution in [0.1, 0.15) is 58.3 Å². The molecule has 3 nitrogen and oxygen atoms in total. The molecule has 0 spiro atoms. The van der Waals surface area contributed by atoms with Crippen LogP contribution in [0.5, 0.6) is 0 Å². The smallest absolute Gasteiger partial charge is 0.0477 e. The van der Waals surface area contributed by atoms with Crippen LogP contribution in [0, 0.1) is 11.8 Å². The van der Waals surface area contributed by atoms with Crippen LogP contribution in [0.25, 0.3) is 0 Å². The molecular formula is C18H34N2O. The molecule has 3 heteroatoms. The third-order valence-corrected chi connectivity index (χ3v) is 6.11. The summed E-state index contributed by atoms with van der Waals surface area (Å²) >= 11 is 0. The van der Waals surface area contributed by atoms with E-state index < -0.39 is 0 Å². The summed E-state index contributed by atoms with van der Waals surface area (Å²) in [5.41, 5.74) is 0. The SMILES string of the molecule is COCCC(C)N1CC(C2CCCCC2)NCC1C1CC1. The van der Waals surface area contributed by atoms with Crippen molar-refractivity contribution < 1.29 is 4.74 Å². The molecule has 3 fully saturated rings. The standard InChI is InChI=1S/C18H34N2O/c1-14(10-11-21-2)20-13-17(15-6-4-3-5-7-15)19-12-18(20)16-8-9-16/h14-19H,3-13H2,1-2H3. The number of hydrogen-bond donors (Lipinski definition) is 1. The quantitative estimate of drug-likeness (QED) is 0.815. The van der Waals surface area contributed by atoms with Crippen LogP contribution < -0.4 is 5.32 Å². The second-order valence-corrected chi connectivity index (χ2v) is 7.64. The molecule has 1 N–H and O–H groups in total. The van der Waals surface area contributed by atoms with Crippen molar-refractivity contribution >= 4 is 0 Å². The van der Waals surface area contributed by atoms with Gasteiger partial charge >= 0.3 is 0 Å². The minimum atomic E-state index is 0.670. The van der Waals surface area contributed by atoms with Crippen molar-refractivity contribution in [1.82, 2.24) is 10.2 Å². The predicted octanol–water partition coefficient (Wildman–Crippen LogP) is 3.04. The van der Waals surface area contributed by atoms with Gasteiger partial charge in [-0.2, -0.15) is 0 Å². The summed E-state index contributed by atoms with van der Waals surface area (Å²) < 4.78 is 5.32. The lowest BCUT2D eigenvalue weighted by Crippen LogP contribution is -2.61. The minimum absolute atomic E-state index is 0.670. The van der Waals surface area contributed by atoms with Crippen molar-refractivity contribution in [1.29, 1.82) is 0 Å². The molecule has 2 aliphatic carbocycles. The number of nitrogens with zero attached hydrogens (tertiary/aromatic N) is 1. The number of hydrogen-bond acceptors (Lipinski definition) is 3. The number of ether oxygens (including phenoxy) is 1. The van der Waals surface area contributed by atoms with Gasteiger partial charge in [-0.1, -0.05) is 19.3 Å². The van der Waals surface area contributed by atoms with Gasteiger partial charge in [0.2, 0.25) is 0 Å². The lowest BCUT2D eigenvalue weighted by molar-refractivity contribution is 0.0401. The third-order valence-electron chi connectivity index (χ3n) is 6.11. The van der Waals surface area contributed by atoms with Gasteiger partial charge in [-0.3, -0.25) is 4.90 Å². The summed E-state index contributed by atoms with van der Waals surface area (Å²) in [6.07, 6.45) is 11.3. The van der Waals surface area contributed by atoms with Gasteiger partial charge in [0.25, 0.3) is 0 Å². The van der Waals surface area contributed by atoms with Gasteiger partial charge in [-0.05, 0) is 50.9 Å². The Labute approximate surface area is 130 Å². The van der Waals surface area contributed by atoms with E-state index in [4.69, 9.17) is 4.74 Å². The van der Waals surface area contributed by atoms with Gasteiger partial charge in [-0.15, -0.1) is 0 Å². The van der Waals surface area contributed by atoms with E-state index in [1.54, 1.807) is 0 Å². The lowest BCUT2D eigenvalue weighted by atomic mass is 9.82. The Morgan fingerprint density at radius 1 is 1.10 bits per heavy atom. The molecule has 0 amide bonds. The highest BCUT2D eigenvalue weighted by molar-refractivity contribution is 4.98. The van der Waals surface area contributed by atoms with E-state index in [0.29, 0.717) is 6.04 Å². The van der Waals surface area contributed by atoms with Crippen LogP contribution >= 0.6 is 0 Å². The van der Waals surface area contributed by atoms with Crippen molar-refractivity contribution in [3.63, 3.8) is 0 Å². The number of rotatable bonds is 6. The molecule has 122 valence electrons. The molecule has 0 radical (unpaired) electrons. The van der Waals surface area contributed by atoms with Gasteiger partial charge in [0.1, 0.15) is 0 Å². The summed E-state index contributed by atoms with van der Waals surface area (Å²) in [5.74, 6) is 1.89. The van der Waals surface area contributed by atoms with Gasteiger partial charge in [-0.25, -0.2) is 0 Å². The zero-order chi connectivity index (χ0) is 14.7. The van der Waals surface area contributed by atoms with E-state index in [0.717, 1.165) is 30.5 Å². The normalized spacial score (nSPS) is 34.0. The van der Waals surface area contributed by atoms with Gasteiger partial charge in [0.15, 0.2) is 0 Å². The van der Waals surface area contributed by atoms with E-state index in [1.807, 2.05) is 7.11 Å². The maximum atomic E-state index is 5.32. The average molecular weight is 294 g/mol. The van der Waals surface area contributed by atoms with E-state index in [9.17, 15) is 0 Å². The number of nitrogens with one attached hydrogen (secondary N) is 1. The molecule has 3 atom stereocenters. The van der Waals surface area contributed by atoms with Crippen LogP contribution in [0.3, 0.4) is 0 Å². The van der Waals surface area contributed by atoms with E-state index in [2.05, 4.69) is 17.1 Å². The number of piperazine rings is 1. The fraction of sp³-hybridized carbons (Fsp3) is 1.00. The Bertz CT molecular complexity index is 312. The highest BCUT2D eigenvalue weighted by Crippen LogP contribution is 2.38. The molecule has 1 saturated heterocycles. The fourth-order valence-electron chi connectivity index (χ4n) is 4.55. The maximum Gasteiger partial charge on any atom is 0.0477 e. The molecule has 0 aromatic rings. The molecule has 1 heterocycles. The van der Waals surface area contributed by atoms with Crippen molar-refractivity contribution in [2.45, 2.75) is 76.4 Å². The first kappa shape index (κ1) is 15.8. The Morgan fingerprint density at radius 3 is 2.52 bits per heavy atom. The summed E-state index contributed by atoms with van der Waals surface area (Å²) in [4.78, 5) is 2.84. The second kappa shape index (κ2) is 7.43. The molecule has 0 bridgehead atoms. The average Bonchev–Trinajstić information content (AvgIpc) is 3.37. The van der Waals surface area contributed by atoms with Gasteiger partial charge < -0.3 is 10.1 Å². The third kappa shape index (κ3) is 4.00. The van der Waals surface area contributed by atoms with Crippen molar-refractivity contribution in [3.05, 3.63) is 0 Å². The molecule has 0 aromatic heterocycles. The number of methoxy groups -OCH3 is 1. The zero-order valence-electron chi connectivity index (χ0n) is 14.0. The summed E-state index contributed by atoms with van der Waals surface area (Å²) in [6, 6.07) is 2.20. The summed E-state index contributed by atoms with van der Waals surface area (Å²) in [6.45, 7) is 5.81. The second-order valence-electron chi connectivity index (χ2n) is 7.64. The highest BCUT2D eigenvalue weighted by Gasteiger charge is 2.41. The first-order valence-corrected chi connectivity index (χ1v) is 9.27. The highest BCUT2D eigenvalue weighted by atomic mass is 16.5. The molecule has 21 heavy (non-hydrogen) atoms. The minimum Gasteiger partial charge on any atom is -0.385 e. The summed E-state index contributed by atoms with van der Waals surface area (Å²) in [7, 11) is 1.83. The van der Waals surface area contributed by atoms with Crippen molar-refractivity contribution in [2.24, 2.45) is 11.8 Å². The van der Waals surface area contributed by atoms with Crippen LogP contribution in [0.2, 0.25) is 0 Å². The monoisotopic (exact) mass is 294 g/mol. The molecule has 3 aliphatic rings. The maximum absolute atomic E-state index is 5.32. The molecule has 1 aliphatic heterocycles. The predicted molar refractivity (Wildman–Crippen MR) is 87.5 cm³/mol. The van der Waals surface area contributed by atoms with Crippen molar-refractivity contribution in [2.75, 3.05) is 26.8 Å². The van der Waals surface area contributed by atoms with E-state index in [-0.39, 0.29) is 0 Å². The van der Waals surface area contributed by atoms with Crippen LogP contribution in [-0.4, -0.2) is 49.8 Å². The Hall–Kier alpha value is -0.120. The van der Waals surface area contributed by atoms with Crippen LogP contribution in [-0.2, 0) is 4.74 Å². The van der Waals surface area contributed by atoms with Crippen LogP contribution in [0.15, 0.2) is 0 Å². The first-order chi connectivity index (χ1) is 10.3. The Kier molecular flexibility index (Phi) is 5.58. The van der Waals surface area contributed by atoms with E-state index in [1.165, 1.54) is 64.5 Å². The van der Waals surface area contributed by atoms with E-state index >= 15 is 0 Å².